The maximum atomic E-state index is 12.0. The Kier molecular flexibility index (Phi) is 6.05. The Hall–Kier alpha value is -2.09. The summed E-state index contributed by atoms with van der Waals surface area (Å²) in [6, 6.07) is 5.24. The number of sulfone groups is 1. The zero-order valence-corrected chi connectivity index (χ0v) is 15.5. The van der Waals surface area contributed by atoms with Gasteiger partial charge in [-0.3, -0.25) is 4.79 Å². The van der Waals surface area contributed by atoms with Crippen molar-refractivity contribution in [3.8, 4) is 5.75 Å². The van der Waals surface area contributed by atoms with Crippen LogP contribution in [0.4, 0.5) is 0 Å². The van der Waals surface area contributed by atoms with Crippen LogP contribution in [0.5, 0.6) is 5.75 Å². The number of amides is 1. The molecule has 1 aromatic rings. The fourth-order valence-electron chi connectivity index (χ4n) is 2.73. The van der Waals surface area contributed by atoms with Crippen LogP contribution in [-0.4, -0.2) is 63.0 Å². The number of aryl methyl sites for hydroxylation is 2. The third-order valence-electron chi connectivity index (χ3n) is 4.06. The summed E-state index contributed by atoms with van der Waals surface area (Å²) in [6.45, 7) is 3.13. The molecule has 1 atom stereocenters. The van der Waals surface area contributed by atoms with Crippen molar-refractivity contribution in [3.05, 3.63) is 29.3 Å². The van der Waals surface area contributed by atoms with Gasteiger partial charge in [-0.15, -0.1) is 0 Å². The van der Waals surface area contributed by atoms with E-state index in [-0.39, 0.29) is 24.2 Å². The second kappa shape index (κ2) is 7.86. The van der Waals surface area contributed by atoms with E-state index in [0.717, 1.165) is 11.1 Å². The molecule has 1 amide bonds. The number of hydrogen-bond acceptors (Lipinski definition) is 6. The summed E-state index contributed by atoms with van der Waals surface area (Å²) in [5, 5.41) is 0. The number of hydrogen-bond donors (Lipinski definition) is 0. The van der Waals surface area contributed by atoms with Gasteiger partial charge in [0.2, 0.25) is 0 Å². The average molecular weight is 369 g/mol. The predicted octanol–water partition coefficient (Wildman–Crippen LogP) is 0.871. The van der Waals surface area contributed by atoms with E-state index in [1.807, 2.05) is 19.9 Å². The van der Waals surface area contributed by atoms with Gasteiger partial charge in [0.1, 0.15) is 5.75 Å². The van der Waals surface area contributed by atoms with Crippen molar-refractivity contribution in [1.82, 2.24) is 4.90 Å². The molecule has 138 valence electrons. The Labute approximate surface area is 147 Å². The van der Waals surface area contributed by atoms with Gasteiger partial charge in [-0.2, -0.15) is 0 Å². The molecule has 2 rings (SSSR count). The van der Waals surface area contributed by atoms with Gasteiger partial charge in [0.25, 0.3) is 5.91 Å². The molecule has 8 heteroatoms. The van der Waals surface area contributed by atoms with Crippen LogP contribution in [0.2, 0.25) is 0 Å². The monoisotopic (exact) mass is 369 g/mol. The van der Waals surface area contributed by atoms with E-state index in [0.29, 0.717) is 12.2 Å². The first-order valence-electron chi connectivity index (χ1n) is 7.99. The lowest BCUT2D eigenvalue weighted by atomic mass is 10.1. The van der Waals surface area contributed by atoms with Crippen LogP contribution in [0.1, 0.15) is 17.5 Å². The molecule has 0 aromatic heterocycles. The number of ether oxygens (including phenoxy) is 2. The average Bonchev–Trinajstić information content (AvgIpc) is 2.89. The highest BCUT2D eigenvalue weighted by Crippen LogP contribution is 2.17. The van der Waals surface area contributed by atoms with Gasteiger partial charge in [-0.25, -0.2) is 13.2 Å². The van der Waals surface area contributed by atoms with Crippen LogP contribution in [0.25, 0.3) is 0 Å². The standard InChI is InChI=1S/C17H23NO6S/c1-12-6-13(2)8-15(7-12)23-10-17(20)24-9-16(19)18(3)14-4-5-25(21,22)11-14/h6-8,14H,4-5,9-11H2,1-3H3/t14-/m1/s1. The first-order valence-corrected chi connectivity index (χ1v) is 9.81. The second-order valence-electron chi connectivity index (χ2n) is 6.33. The van der Waals surface area contributed by atoms with Gasteiger partial charge in [-0.1, -0.05) is 6.07 Å². The normalized spacial score (nSPS) is 18.6. The highest BCUT2D eigenvalue weighted by Gasteiger charge is 2.32. The van der Waals surface area contributed by atoms with Gasteiger partial charge in [0.15, 0.2) is 23.1 Å². The number of benzene rings is 1. The van der Waals surface area contributed by atoms with Crippen molar-refractivity contribution in [2.75, 3.05) is 31.8 Å². The third-order valence-corrected chi connectivity index (χ3v) is 5.81. The molecule has 1 aliphatic heterocycles. The molecule has 25 heavy (non-hydrogen) atoms. The zero-order valence-electron chi connectivity index (χ0n) is 14.6. The molecule has 7 nitrogen and oxygen atoms in total. The minimum absolute atomic E-state index is 0.0427. The SMILES string of the molecule is Cc1cc(C)cc(OCC(=O)OCC(=O)N(C)[C@@H]2CCS(=O)(=O)C2)c1. The summed E-state index contributed by atoms with van der Waals surface area (Å²) in [5.74, 6) is -0.478. The van der Waals surface area contributed by atoms with Crippen LogP contribution in [0, 0.1) is 13.8 Å². The molecule has 0 unspecified atom stereocenters. The van der Waals surface area contributed by atoms with Crippen LogP contribution in [-0.2, 0) is 24.2 Å². The quantitative estimate of drug-likeness (QED) is 0.691. The van der Waals surface area contributed by atoms with E-state index in [1.54, 1.807) is 12.1 Å². The molecule has 0 N–H and O–H groups in total. The summed E-state index contributed by atoms with van der Waals surface area (Å²) in [7, 11) is -1.55. The maximum Gasteiger partial charge on any atom is 0.344 e. The minimum atomic E-state index is -3.07. The number of nitrogens with zero attached hydrogens (tertiary/aromatic N) is 1. The zero-order chi connectivity index (χ0) is 18.6. The van der Waals surface area contributed by atoms with E-state index in [4.69, 9.17) is 9.47 Å². The number of likely N-dealkylation sites (N-methyl/N-ethyl adjacent to an activating group) is 1. The molecule has 0 saturated carbocycles. The molecular weight excluding hydrogens is 346 g/mol. The van der Waals surface area contributed by atoms with Crippen molar-refractivity contribution in [1.29, 1.82) is 0 Å². The number of rotatable bonds is 6. The topological polar surface area (TPSA) is 90.0 Å². The molecule has 1 heterocycles. The summed E-state index contributed by atoms with van der Waals surface area (Å²) in [5.41, 5.74) is 2.04. The molecule has 1 fully saturated rings. The van der Waals surface area contributed by atoms with Crippen molar-refractivity contribution >= 4 is 21.7 Å². The van der Waals surface area contributed by atoms with Gasteiger partial charge < -0.3 is 14.4 Å². The molecule has 1 saturated heterocycles. The Bertz CT molecular complexity index is 738. The van der Waals surface area contributed by atoms with E-state index >= 15 is 0 Å². The van der Waals surface area contributed by atoms with Crippen molar-refractivity contribution < 1.29 is 27.5 Å². The van der Waals surface area contributed by atoms with Crippen LogP contribution >= 0.6 is 0 Å². The lowest BCUT2D eigenvalue weighted by Gasteiger charge is -2.23. The van der Waals surface area contributed by atoms with Crippen LogP contribution < -0.4 is 4.74 Å². The molecule has 0 aliphatic carbocycles. The highest BCUT2D eigenvalue weighted by molar-refractivity contribution is 7.91. The van der Waals surface area contributed by atoms with Gasteiger partial charge in [0, 0.05) is 13.1 Å². The Morgan fingerprint density at radius 1 is 1.16 bits per heavy atom. The van der Waals surface area contributed by atoms with Crippen LogP contribution in [0.3, 0.4) is 0 Å². The van der Waals surface area contributed by atoms with E-state index in [1.165, 1.54) is 11.9 Å². The molecular formula is C17H23NO6S. The Morgan fingerprint density at radius 3 is 2.36 bits per heavy atom. The summed E-state index contributed by atoms with van der Waals surface area (Å²) < 4.78 is 33.2. The van der Waals surface area contributed by atoms with Crippen molar-refractivity contribution in [3.63, 3.8) is 0 Å². The first-order chi connectivity index (χ1) is 11.7. The van der Waals surface area contributed by atoms with Gasteiger partial charge in [-0.05, 0) is 43.5 Å². The lowest BCUT2D eigenvalue weighted by molar-refractivity contribution is -0.153. The summed E-state index contributed by atoms with van der Waals surface area (Å²) in [4.78, 5) is 25.1. The summed E-state index contributed by atoms with van der Waals surface area (Å²) in [6.07, 6.45) is 0.411. The maximum absolute atomic E-state index is 12.0. The Balaban J connectivity index is 1.76. The molecule has 1 aromatic carbocycles. The van der Waals surface area contributed by atoms with E-state index in [9.17, 15) is 18.0 Å². The largest absolute Gasteiger partial charge is 0.482 e. The van der Waals surface area contributed by atoms with Crippen molar-refractivity contribution in [2.24, 2.45) is 0 Å². The van der Waals surface area contributed by atoms with Crippen LogP contribution in [0.15, 0.2) is 18.2 Å². The molecule has 0 bridgehead atoms. The number of esters is 1. The van der Waals surface area contributed by atoms with E-state index < -0.39 is 28.3 Å². The second-order valence-corrected chi connectivity index (χ2v) is 8.56. The highest BCUT2D eigenvalue weighted by atomic mass is 32.2. The lowest BCUT2D eigenvalue weighted by Crippen LogP contribution is -2.40. The number of carbonyl (C=O) groups excluding carboxylic acids is 2. The molecule has 0 spiro atoms. The predicted molar refractivity (Wildman–Crippen MR) is 92.2 cm³/mol. The van der Waals surface area contributed by atoms with Crippen molar-refractivity contribution in [2.45, 2.75) is 26.3 Å². The first kappa shape index (κ1) is 19.2. The van der Waals surface area contributed by atoms with Gasteiger partial charge in [0.05, 0.1) is 11.5 Å². The minimum Gasteiger partial charge on any atom is -0.482 e. The van der Waals surface area contributed by atoms with Gasteiger partial charge >= 0.3 is 5.97 Å². The smallest absolute Gasteiger partial charge is 0.344 e. The third kappa shape index (κ3) is 5.74. The molecule has 1 aliphatic rings. The fraction of sp³-hybridized carbons (Fsp3) is 0.529. The number of carbonyl (C=O) groups is 2. The Morgan fingerprint density at radius 2 is 1.80 bits per heavy atom. The van der Waals surface area contributed by atoms with E-state index in [2.05, 4.69) is 0 Å². The fourth-order valence-corrected chi connectivity index (χ4v) is 4.50. The summed E-state index contributed by atoms with van der Waals surface area (Å²) >= 11 is 0. The molecule has 0 radical (unpaired) electrons.